The molecule has 2 heterocycles. The number of fused-ring (bicyclic) bond motifs is 4. The van der Waals surface area contributed by atoms with Crippen molar-refractivity contribution in [3.63, 3.8) is 0 Å². The largest absolute Gasteiger partial charge is 0.416 e. The molecular formula is C26H19F4N3O2. The molecule has 0 aliphatic carbocycles. The highest BCUT2D eigenvalue weighted by molar-refractivity contribution is 6.18. The van der Waals surface area contributed by atoms with Gasteiger partial charge >= 0.3 is 12.2 Å². The van der Waals surface area contributed by atoms with Gasteiger partial charge < -0.3 is 10.6 Å². The Balaban J connectivity index is 1.82. The zero-order chi connectivity index (χ0) is 25.1. The number of hydrogen-bond acceptors (Lipinski definition) is 2. The zero-order valence-electron chi connectivity index (χ0n) is 18.3. The molecular weight excluding hydrogens is 462 g/mol. The van der Waals surface area contributed by atoms with Gasteiger partial charge in [0.1, 0.15) is 5.82 Å². The van der Waals surface area contributed by atoms with Crippen LogP contribution in [0.3, 0.4) is 0 Å². The van der Waals surface area contributed by atoms with E-state index in [0.29, 0.717) is 30.5 Å². The second-order valence-corrected chi connectivity index (χ2v) is 8.38. The highest BCUT2D eigenvalue weighted by atomic mass is 19.4. The summed E-state index contributed by atoms with van der Waals surface area (Å²) in [6.07, 6.45) is -2.94. The van der Waals surface area contributed by atoms with Crippen molar-refractivity contribution in [2.24, 2.45) is 5.73 Å². The second-order valence-electron chi connectivity index (χ2n) is 8.38. The maximum Gasteiger partial charge on any atom is 0.416 e. The number of primary amides is 1. The van der Waals surface area contributed by atoms with E-state index < -0.39 is 23.6 Å². The molecule has 5 rings (SSSR count). The minimum Gasteiger partial charge on any atom is -0.351 e. The van der Waals surface area contributed by atoms with Gasteiger partial charge in [-0.3, -0.25) is 9.36 Å². The fraction of sp³-hybridized carbons (Fsp3) is 0.154. The molecule has 178 valence electrons. The van der Waals surface area contributed by atoms with Crippen LogP contribution >= 0.6 is 0 Å². The van der Waals surface area contributed by atoms with Crippen LogP contribution in [0.5, 0.6) is 0 Å². The van der Waals surface area contributed by atoms with Crippen LogP contribution in [-0.4, -0.2) is 28.0 Å². The third-order valence-corrected chi connectivity index (χ3v) is 6.45. The summed E-state index contributed by atoms with van der Waals surface area (Å²) in [5.74, 6) is -0.793. The second kappa shape index (κ2) is 7.97. The molecule has 0 fully saturated rings. The molecule has 9 heteroatoms. The predicted molar refractivity (Wildman–Crippen MR) is 124 cm³/mol. The van der Waals surface area contributed by atoms with E-state index in [2.05, 4.69) is 6.58 Å². The van der Waals surface area contributed by atoms with E-state index in [1.807, 2.05) is 6.07 Å². The van der Waals surface area contributed by atoms with E-state index in [1.165, 1.54) is 24.3 Å². The molecule has 1 aliphatic heterocycles. The molecule has 35 heavy (non-hydrogen) atoms. The Kier molecular flexibility index (Phi) is 5.16. The summed E-state index contributed by atoms with van der Waals surface area (Å²) < 4.78 is 56.6. The van der Waals surface area contributed by atoms with Crippen LogP contribution in [0.2, 0.25) is 0 Å². The number of benzene rings is 3. The fourth-order valence-electron chi connectivity index (χ4n) is 4.92. The van der Waals surface area contributed by atoms with Gasteiger partial charge in [0.25, 0.3) is 0 Å². The molecule has 2 amide bonds. The van der Waals surface area contributed by atoms with Crippen molar-refractivity contribution in [1.82, 2.24) is 9.47 Å². The number of carbonyl (C=O) groups excluding carboxylic acids is 2. The Labute approximate surface area is 197 Å². The van der Waals surface area contributed by atoms with Crippen LogP contribution in [0, 0.1) is 5.82 Å². The van der Waals surface area contributed by atoms with Gasteiger partial charge in [0.15, 0.2) is 0 Å². The molecule has 0 unspecified atom stereocenters. The Bertz CT molecular complexity index is 1550. The van der Waals surface area contributed by atoms with Crippen LogP contribution in [0.15, 0.2) is 61.2 Å². The van der Waals surface area contributed by atoms with Crippen molar-refractivity contribution in [3.05, 3.63) is 83.7 Å². The van der Waals surface area contributed by atoms with Gasteiger partial charge in [0, 0.05) is 29.4 Å². The van der Waals surface area contributed by atoms with Gasteiger partial charge in [0.2, 0.25) is 5.91 Å². The monoisotopic (exact) mass is 481 g/mol. The first-order chi connectivity index (χ1) is 16.6. The minimum atomic E-state index is -4.63. The summed E-state index contributed by atoms with van der Waals surface area (Å²) in [6.45, 7) is 4.25. The zero-order valence-corrected chi connectivity index (χ0v) is 18.3. The first-order valence-corrected chi connectivity index (χ1v) is 10.8. The van der Waals surface area contributed by atoms with E-state index in [9.17, 15) is 22.8 Å². The summed E-state index contributed by atoms with van der Waals surface area (Å²) in [5.41, 5.74) is 7.15. The molecule has 0 atom stereocenters. The molecule has 3 aromatic carbocycles. The Hall–Kier alpha value is -4.14. The van der Waals surface area contributed by atoms with Crippen molar-refractivity contribution < 1.29 is 27.2 Å². The average molecular weight is 481 g/mol. The third-order valence-electron chi connectivity index (χ3n) is 6.45. The molecule has 1 aromatic heterocycles. The molecule has 0 bridgehead atoms. The highest BCUT2D eigenvalue weighted by Crippen LogP contribution is 2.42. The van der Waals surface area contributed by atoms with Crippen molar-refractivity contribution in [2.45, 2.75) is 19.1 Å². The topological polar surface area (TPSA) is 68.3 Å². The van der Waals surface area contributed by atoms with Gasteiger partial charge in [-0.15, -0.1) is 0 Å². The van der Waals surface area contributed by atoms with Crippen LogP contribution in [0.4, 0.5) is 22.4 Å². The number of hydrogen-bond donors (Lipinski definition) is 1. The first-order valence-electron chi connectivity index (χ1n) is 10.8. The summed E-state index contributed by atoms with van der Waals surface area (Å²) in [5, 5.41) is 0.573. The van der Waals surface area contributed by atoms with Gasteiger partial charge in [-0.2, -0.15) is 13.2 Å². The van der Waals surface area contributed by atoms with Gasteiger partial charge in [-0.1, -0.05) is 30.8 Å². The summed E-state index contributed by atoms with van der Waals surface area (Å²) >= 11 is 0. The number of alkyl halides is 3. The van der Waals surface area contributed by atoms with Crippen LogP contribution in [0.25, 0.3) is 32.9 Å². The van der Waals surface area contributed by atoms with E-state index in [4.69, 9.17) is 5.73 Å². The summed E-state index contributed by atoms with van der Waals surface area (Å²) in [7, 11) is 0. The van der Waals surface area contributed by atoms with Gasteiger partial charge in [0.05, 0.1) is 16.6 Å². The van der Waals surface area contributed by atoms with E-state index in [-0.39, 0.29) is 27.9 Å². The maximum atomic E-state index is 15.5. The number of amides is 2. The van der Waals surface area contributed by atoms with Crippen molar-refractivity contribution in [2.75, 3.05) is 6.54 Å². The standard InChI is InChI=1S/C26H19F4N3O2/c1-2-22(34)32-11-10-16-14(13-32)4-3-5-17(16)23-19(27)8-9-20-24(23)18-7-6-15(26(28,29)30)12-21(18)33(20)25(31)35/h2-9,12H,1,10-11,13H2,(H2,31,35). The lowest BCUT2D eigenvalue weighted by molar-refractivity contribution is -0.137. The number of nitrogens with two attached hydrogens (primary N) is 1. The molecule has 1 aliphatic rings. The fourth-order valence-corrected chi connectivity index (χ4v) is 4.92. The van der Waals surface area contributed by atoms with Crippen LogP contribution in [0.1, 0.15) is 16.7 Å². The van der Waals surface area contributed by atoms with Crippen molar-refractivity contribution in [3.8, 4) is 11.1 Å². The number of halogens is 4. The molecule has 0 radical (unpaired) electrons. The Morgan fingerprint density at radius 2 is 1.83 bits per heavy atom. The quantitative estimate of drug-likeness (QED) is 0.298. The van der Waals surface area contributed by atoms with Crippen molar-refractivity contribution >= 4 is 33.7 Å². The third kappa shape index (κ3) is 3.54. The molecule has 2 N–H and O–H groups in total. The van der Waals surface area contributed by atoms with Gasteiger partial charge in [-0.05, 0) is 53.5 Å². The summed E-state index contributed by atoms with van der Waals surface area (Å²) in [6, 6.07) is 9.85. The molecule has 0 spiro atoms. The number of aromatic nitrogens is 1. The lowest BCUT2D eigenvalue weighted by Gasteiger charge is -2.29. The SMILES string of the molecule is C=CC(=O)N1CCc2c(cccc2-c2c(F)ccc3c2c2ccc(C(F)(F)F)cc2n3C(N)=O)C1. The molecule has 5 nitrogen and oxygen atoms in total. The molecule has 0 saturated carbocycles. The lowest BCUT2D eigenvalue weighted by atomic mass is 9.88. The van der Waals surface area contributed by atoms with E-state index >= 15 is 4.39 Å². The number of rotatable bonds is 2. The summed E-state index contributed by atoms with van der Waals surface area (Å²) in [4.78, 5) is 26.0. The van der Waals surface area contributed by atoms with Gasteiger partial charge in [-0.25, -0.2) is 9.18 Å². The molecule has 0 saturated heterocycles. The molecule has 4 aromatic rings. The van der Waals surface area contributed by atoms with E-state index in [1.54, 1.807) is 17.0 Å². The van der Waals surface area contributed by atoms with E-state index in [0.717, 1.165) is 27.8 Å². The minimum absolute atomic E-state index is 0.0540. The van der Waals surface area contributed by atoms with Crippen LogP contribution in [-0.2, 0) is 23.9 Å². The Morgan fingerprint density at radius 1 is 1.06 bits per heavy atom. The number of carbonyl (C=O) groups is 2. The Morgan fingerprint density at radius 3 is 2.51 bits per heavy atom. The van der Waals surface area contributed by atoms with Crippen LogP contribution < -0.4 is 5.73 Å². The first kappa shape index (κ1) is 22.6. The average Bonchev–Trinajstić information content (AvgIpc) is 3.16. The normalized spacial score (nSPS) is 13.8. The maximum absolute atomic E-state index is 15.5. The highest BCUT2D eigenvalue weighted by Gasteiger charge is 2.32. The number of nitrogens with zero attached hydrogens (tertiary/aromatic N) is 2. The van der Waals surface area contributed by atoms with Crippen molar-refractivity contribution in [1.29, 1.82) is 0 Å². The smallest absolute Gasteiger partial charge is 0.351 e. The predicted octanol–water partition coefficient (Wildman–Crippen LogP) is 5.62. The lowest BCUT2D eigenvalue weighted by Crippen LogP contribution is -2.34.